The van der Waals surface area contributed by atoms with Gasteiger partial charge in [0.25, 0.3) is 5.91 Å². The van der Waals surface area contributed by atoms with E-state index in [1.54, 1.807) is 19.1 Å². The Morgan fingerprint density at radius 3 is 2.76 bits per heavy atom. The van der Waals surface area contributed by atoms with Crippen LogP contribution in [0.5, 0.6) is 5.75 Å². The van der Waals surface area contributed by atoms with Gasteiger partial charge in [-0.25, -0.2) is 0 Å². The number of ether oxygens (including phenoxy) is 1. The van der Waals surface area contributed by atoms with Crippen molar-refractivity contribution in [3.63, 3.8) is 0 Å². The Balaban J connectivity index is 1.63. The molecule has 130 valence electrons. The van der Waals surface area contributed by atoms with E-state index in [1.807, 2.05) is 43.3 Å². The molecule has 1 aliphatic heterocycles. The maximum atomic E-state index is 12.5. The van der Waals surface area contributed by atoms with Gasteiger partial charge in [-0.15, -0.1) is 0 Å². The molecule has 5 heteroatoms. The Kier molecular flexibility index (Phi) is 5.03. The van der Waals surface area contributed by atoms with E-state index in [4.69, 9.17) is 4.74 Å². The van der Waals surface area contributed by atoms with Crippen molar-refractivity contribution in [2.75, 3.05) is 6.61 Å². The van der Waals surface area contributed by atoms with E-state index in [2.05, 4.69) is 10.6 Å². The maximum Gasteiger partial charge on any atom is 0.251 e. The molecule has 3 rings (SSSR count). The van der Waals surface area contributed by atoms with E-state index >= 15 is 0 Å². The monoisotopic (exact) mass is 338 g/mol. The van der Waals surface area contributed by atoms with Crippen LogP contribution >= 0.6 is 0 Å². The van der Waals surface area contributed by atoms with Gasteiger partial charge in [-0.2, -0.15) is 0 Å². The van der Waals surface area contributed by atoms with Gasteiger partial charge in [0.15, 0.2) is 0 Å². The molecule has 2 N–H and O–H groups in total. The van der Waals surface area contributed by atoms with Gasteiger partial charge in [0.2, 0.25) is 5.91 Å². The highest BCUT2D eigenvalue weighted by Crippen LogP contribution is 2.31. The Labute approximate surface area is 147 Å². The van der Waals surface area contributed by atoms with E-state index < -0.39 is 6.04 Å². The number of amides is 2. The van der Waals surface area contributed by atoms with Crippen LogP contribution < -0.4 is 15.4 Å². The average molecular weight is 338 g/mol. The van der Waals surface area contributed by atoms with Crippen LogP contribution in [0.25, 0.3) is 0 Å². The molecule has 0 fully saturated rings. The van der Waals surface area contributed by atoms with Crippen LogP contribution in [0, 0.1) is 6.92 Å². The summed E-state index contributed by atoms with van der Waals surface area (Å²) in [6, 6.07) is 14.3. The number of carbonyl (C=O) groups is 2. The molecule has 2 aromatic carbocycles. The summed E-state index contributed by atoms with van der Waals surface area (Å²) in [5.41, 5.74) is 2.53. The minimum absolute atomic E-state index is 0.101. The SMILES string of the molecule is Cc1cccc(C(=O)N[C@@H](C)C(=O)N[C@H]2CCOc3ccccc32)c1. The highest BCUT2D eigenvalue weighted by molar-refractivity contribution is 5.97. The smallest absolute Gasteiger partial charge is 0.251 e. The van der Waals surface area contributed by atoms with Gasteiger partial charge >= 0.3 is 0 Å². The zero-order valence-electron chi connectivity index (χ0n) is 14.4. The Morgan fingerprint density at radius 1 is 1.16 bits per heavy atom. The van der Waals surface area contributed by atoms with E-state index in [0.29, 0.717) is 18.6 Å². The summed E-state index contributed by atoms with van der Waals surface area (Å²) in [5.74, 6) is 0.344. The third kappa shape index (κ3) is 3.99. The zero-order chi connectivity index (χ0) is 17.8. The second kappa shape index (κ2) is 7.38. The Morgan fingerprint density at radius 2 is 1.96 bits per heavy atom. The zero-order valence-corrected chi connectivity index (χ0v) is 14.4. The maximum absolute atomic E-state index is 12.5. The van der Waals surface area contributed by atoms with Crippen molar-refractivity contribution in [1.82, 2.24) is 10.6 Å². The molecule has 2 aromatic rings. The molecule has 2 amide bonds. The first-order valence-electron chi connectivity index (χ1n) is 8.44. The van der Waals surface area contributed by atoms with Gasteiger partial charge in [0.1, 0.15) is 11.8 Å². The van der Waals surface area contributed by atoms with Gasteiger partial charge in [0.05, 0.1) is 12.6 Å². The molecule has 1 heterocycles. The summed E-state index contributed by atoms with van der Waals surface area (Å²) < 4.78 is 5.61. The molecule has 1 aliphatic rings. The van der Waals surface area contributed by atoms with Crippen LogP contribution in [0.4, 0.5) is 0 Å². The summed E-state index contributed by atoms with van der Waals surface area (Å²) in [4.78, 5) is 24.8. The van der Waals surface area contributed by atoms with Crippen LogP contribution in [-0.4, -0.2) is 24.5 Å². The first-order chi connectivity index (χ1) is 12.0. The summed E-state index contributed by atoms with van der Waals surface area (Å²) >= 11 is 0. The average Bonchev–Trinajstić information content (AvgIpc) is 2.62. The van der Waals surface area contributed by atoms with Gasteiger partial charge < -0.3 is 15.4 Å². The van der Waals surface area contributed by atoms with Crippen molar-refractivity contribution in [3.05, 3.63) is 65.2 Å². The van der Waals surface area contributed by atoms with Crippen molar-refractivity contribution >= 4 is 11.8 Å². The number of fused-ring (bicyclic) bond motifs is 1. The molecule has 0 unspecified atom stereocenters. The van der Waals surface area contributed by atoms with Crippen LogP contribution in [0.3, 0.4) is 0 Å². The summed E-state index contributed by atoms with van der Waals surface area (Å²) in [7, 11) is 0. The van der Waals surface area contributed by atoms with Gasteiger partial charge in [-0.05, 0) is 32.0 Å². The number of rotatable bonds is 4. The quantitative estimate of drug-likeness (QED) is 0.901. The number of hydrogen-bond donors (Lipinski definition) is 2. The fraction of sp³-hybridized carbons (Fsp3) is 0.300. The summed E-state index contributed by atoms with van der Waals surface area (Å²) in [6.45, 7) is 4.18. The molecule has 0 saturated carbocycles. The first kappa shape index (κ1) is 17.0. The lowest BCUT2D eigenvalue weighted by Crippen LogP contribution is -2.46. The number of carbonyl (C=O) groups excluding carboxylic acids is 2. The van der Waals surface area contributed by atoms with Crippen molar-refractivity contribution in [1.29, 1.82) is 0 Å². The van der Waals surface area contributed by atoms with Gasteiger partial charge in [0, 0.05) is 17.5 Å². The van der Waals surface area contributed by atoms with Gasteiger partial charge in [-0.3, -0.25) is 9.59 Å². The lowest BCUT2D eigenvalue weighted by Gasteiger charge is -2.27. The first-order valence-corrected chi connectivity index (χ1v) is 8.44. The Bertz CT molecular complexity index is 788. The van der Waals surface area contributed by atoms with Crippen LogP contribution in [0.15, 0.2) is 48.5 Å². The number of hydrogen-bond acceptors (Lipinski definition) is 3. The molecule has 0 radical (unpaired) electrons. The van der Waals surface area contributed by atoms with Crippen molar-refractivity contribution in [2.24, 2.45) is 0 Å². The minimum Gasteiger partial charge on any atom is -0.493 e. The van der Waals surface area contributed by atoms with E-state index in [9.17, 15) is 9.59 Å². The van der Waals surface area contributed by atoms with Crippen molar-refractivity contribution in [3.8, 4) is 5.75 Å². The normalized spacial score (nSPS) is 17.0. The number of nitrogens with one attached hydrogen (secondary N) is 2. The number of aryl methyl sites for hydroxylation is 1. The second-order valence-electron chi connectivity index (χ2n) is 6.30. The summed E-state index contributed by atoms with van der Waals surface area (Å²) in [5, 5.41) is 5.76. The fourth-order valence-corrected chi connectivity index (χ4v) is 2.92. The molecule has 0 spiro atoms. The van der Waals surface area contributed by atoms with Crippen LogP contribution in [0.2, 0.25) is 0 Å². The van der Waals surface area contributed by atoms with Crippen LogP contribution in [-0.2, 0) is 4.79 Å². The second-order valence-corrected chi connectivity index (χ2v) is 6.30. The predicted molar refractivity (Wildman–Crippen MR) is 95.5 cm³/mol. The largest absolute Gasteiger partial charge is 0.493 e. The number of benzene rings is 2. The highest BCUT2D eigenvalue weighted by Gasteiger charge is 2.25. The molecule has 2 atom stereocenters. The topological polar surface area (TPSA) is 67.4 Å². The molecular weight excluding hydrogens is 316 g/mol. The standard InChI is InChI=1S/C20H22N2O3/c1-13-6-5-7-15(12-13)20(24)21-14(2)19(23)22-17-10-11-25-18-9-4-3-8-16(17)18/h3-9,12,14,17H,10-11H2,1-2H3,(H,21,24)(H,22,23)/t14-,17-/m0/s1. The third-order valence-corrected chi connectivity index (χ3v) is 4.30. The fourth-order valence-electron chi connectivity index (χ4n) is 2.92. The summed E-state index contributed by atoms with van der Waals surface area (Å²) in [6.07, 6.45) is 0.710. The molecule has 0 saturated heterocycles. The van der Waals surface area contributed by atoms with E-state index in [0.717, 1.165) is 16.9 Å². The highest BCUT2D eigenvalue weighted by atomic mass is 16.5. The van der Waals surface area contributed by atoms with Gasteiger partial charge in [-0.1, -0.05) is 35.9 Å². The van der Waals surface area contributed by atoms with E-state index in [-0.39, 0.29) is 17.9 Å². The van der Waals surface area contributed by atoms with Crippen molar-refractivity contribution < 1.29 is 14.3 Å². The third-order valence-electron chi connectivity index (χ3n) is 4.30. The molecule has 25 heavy (non-hydrogen) atoms. The van der Waals surface area contributed by atoms with Crippen LogP contribution in [0.1, 0.15) is 40.9 Å². The Hall–Kier alpha value is -2.82. The van der Waals surface area contributed by atoms with Crippen molar-refractivity contribution in [2.45, 2.75) is 32.4 Å². The van der Waals surface area contributed by atoms with E-state index in [1.165, 1.54) is 0 Å². The lowest BCUT2D eigenvalue weighted by atomic mass is 10.0. The number of para-hydroxylation sites is 1. The molecule has 0 aliphatic carbocycles. The predicted octanol–water partition coefficient (Wildman–Crippen LogP) is 2.75. The lowest BCUT2D eigenvalue weighted by molar-refractivity contribution is -0.123. The molecular formula is C20H22N2O3. The minimum atomic E-state index is -0.622. The molecule has 0 bridgehead atoms. The molecule has 5 nitrogen and oxygen atoms in total. The molecule has 0 aromatic heterocycles.